The average molecular weight is 174 g/mol. The first-order chi connectivity index (χ1) is 5.65. The van der Waals surface area contributed by atoms with Crippen molar-refractivity contribution in [3.63, 3.8) is 0 Å². The second-order valence-electron chi connectivity index (χ2n) is 3.32. The van der Waals surface area contributed by atoms with E-state index in [0.717, 1.165) is 0 Å². The first kappa shape index (κ1) is 9.96. The molecule has 1 heterocycles. The van der Waals surface area contributed by atoms with Crippen molar-refractivity contribution < 1.29 is 14.2 Å². The van der Waals surface area contributed by atoms with Gasteiger partial charge in [-0.1, -0.05) is 0 Å². The largest absolute Gasteiger partial charge is 0.376 e. The van der Waals surface area contributed by atoms with Gasteiger partial charge in [-0.25, -0.2) is 0 Å². The van der Waals surface area contributed by atoms with Crippen molar-refractivity contribution in [1.29, 1.82) is 0 Å². The molecule has 72 valence electrons. The van der Waals surface area contributed by atoms with Gasteiger partial charge in [-0.2, -0.15) is 0 Å². The fourth-order valence-corrected chi connectivity index (χ4v) is 1.65. The van der Waals surface area contributed by atoms with Crippen LogP contribution in [0.5, 0.6) is 0 Å². The maximum Gasteiger partial charge on any atom is 0.119 e. The highest BCUT2D eigenvalue weighted by Crippen LogP contribution is 2.31. The lowest BCUT2D eigenvalue weighted by atomic mass is 9.96. The molecule has 0 N–H and O–H groups in total. The molecule has 3 nitrogen and oxygen atoms in total. The van der Waals surface area contributed by atoms with Crippen LogP contribution in [-0.2, 0) is 14.2 Å². The van der Waals surface area contributed by atoms with E-state index in [9.17, 15) is 0 Å². The van der Waals surface area contributed by atoms with Gasteiger partial charge < -0.3 is 14.2 Å². The van der Waals surface area contributed by atoms with E-state index in [4.69, 9.17) is 14.2 Å². The summed E-state index contributed by atoms with van der Waals surface area (Å²) in [4.78, 5) is 0. The highest BCUT2D eigenvalue weighted by Gasteiger charge is 2.47. The van der Waals surface area contributed by atoms with Gasteiger partial charge in [0, 0.05) is 13.7 Å². The van der Waals surface area contributed by atoms with E-state index in [1.54, 1.807) is 7.11 Å². The Morgan fingerprint density at radius 2 is 2.25 bits per heavy atom. The van der Waals surface area contributed by atoms with E-state index in [1.807, 2.05) is 20.8 Å². The molecule has 0 amide bonds. The monoisotopic (exact) mass is 174 g/mol. The van der Waals surface area contributed by atoms with Crippen molar-refractivity contribution in [2.75, 3.05) is 20.3 Å². The van der Waals surface area contributed by atoms with Gasteiger partial charge in [-0.05, 0) is 20.8 Å². The molecular weight excluding hydrogens is 156 g/mol. The van der Waals surface area contributed by atoms with Gasteiger partial charge in [0.05, 0.1) is 12.7 Å². The van der Waals surface area contributed by atoms with E-state index < -0.39 is 0 Å². The zero-order chi connectivity index (χ0) is 9.19. The summed E-state index contributed by atoms with van der Waals surface area (Å²) in [6.45, 7) is 7.39. The molecule has 3 atom stereocenters. The lowest BCUT2D eigenvalue weighted by Gasteiger charge is -2.31. The maximum absolute atomic E-state index is 5.66. The minimum absolute atomic E-state index is 0.0625. The number of hydrogen-bond acceptors (Lipinski definition) is 3. The summed E-state index contributed by atoms with van der Waals surface area (Å²) < 4.78 is 16.4. The van der Waals surface area contributed by atoms with Crippen LogP contribution in [0.2, 0.25) is 0 Å². The normalized spacial score (nSPS) is 42.0. The molecule has 0 aliphatic carbocycles. The Labute approximate surface area is 74.0 Å². The summed E-state index contributed by atoms with van der Waals surface area (Å²) in [6.07, 6.45) is 0.176. The maximum atomic E-state index is 5.66. The Kier molecular flexibility index (Phi) is 3.09. The fourth-order valence-electron chi connectivity index (χ4n) is 1.65. The van der Waals surface area contributed by atoms with Gasteiger partial charge in [0.1, 0.15) is 11.7 Å². The second kappa shape index (κ2) is 3.73. The molecule has 0 unspecified atom stereocenters. The van der Waals surface area contributed by atoms with Crippen LogP contribution in [0.1, 0.15) is 20.8 Å². The van der Waals surface area contributed by atoms with Crippen molar-refractivity contribution >= 4 is 0 Å². The number of rotatable bonds is 3. The Morgan fingerprint density at radius 3 is 2.75 bits per heavy atom. The van der Waals surface area contributed by atoms with Gasteiger partial charge in [-0.3, -0.25) is 0 Å². The first-order valence-electron chi connectivity index (χ1n) is 4.43. The Morgan fingerprint density at radius 1 is 1.58 bits per heavy atom. The van der Waals surface area contributed by atoms with Crippen LogP contribution in [0.25, 0.3) is 0 Å². The van der Waals surface area contributed by atoms with Crippen molar-refractivity contribution in [3.8, 4) is 0 Å². The summed E-state index contributed by atoms with van der Waals surface area (Å²) in [6, 6.07) is 0. The molecule has 1 fully saturated rings. The number of ether oxygens (including phenoxy) is 3. The SMILES string of the molecule is CCO[C@@]1(C)[C@H](C)OC[C@H]1OC. The summed E-state index contributed by atoms with van der Waals surface area (Å²) >= 11 is 0. The van der Waals surface area contributed by atoms with Crippen LogP contribution in [0, 0.1) is 0 Å². The zero-order valence-corrected chi connectivity index (χ0v) is 8.29. The smallest absolute Gasteiger partial charge is 0.119 e. The standard InChI is InChI=1S/C9H18O3/c1-5-12-9(3)7(2)11-6-8(9)10-4/h7-8H,5-6H2,1-4H3/t7-,8+,9-/m0/s1. The molecule has 0 spiro atoms. The number of methoxy groups -OCH3 is 1. The van der Waals surface area contributed by atoms with Crippen LogP contribution in [-0.4, -0.2) is 38.1 Å². The molecular formula is C9H18O3. The topological polar surface area (TPSA) is 27.7 Å². The van der Waals surface area contributed by atoms with Crippen LogP contribution in [0.4, 0.5) is 0 Å². The molecule has 12 heavy (non-hydrogen) atoms. The summed E-state index contributed by atoms with van der Waals surface area (Å²) in [5, 5.41) is 0. The van der Waals surface area contributed by atoms with Gasteiger partial charge in [-0.15, -0.1) is 0 Å². The molecule has 1 saturated heterocycles. The molecule has 0 aromatic rings. The predicted molar refractivity (Wildman–Crippen MR) is 46.2 cm³/mol. The lowest BCUT2D eigenvalue weighted by molar-refractivity contribution is -0.116. The van der Waals surface area contributed by atoms with Gasteiger partial charge >= 0.3 is 0 Å². The van der Waals surface area contributed by atoms with Crippen LogP contribution in [0.15, 0.2) is 0 Å². The molecule has 1 rings (SSSR count). The second-order valence-corrected chi connectivity index (χ2v) is 3.32. The highest BCUT2D eigenvalue weighted by atomic mass is 16.6. The Balaban J connectivity index is 2.66. The van der Waals surface area contributed by atoms with Crippen molar-refractivity contribution in [2.24, 2.45) is 0 Å². The van der Waals surface area contributed by atoms with E-state index >= 15 is 0 Å². The summed E-state index contributed by atoms with van der Waals surface area (Å²) in [5.74, 6) is 0. The van der Waals surface area contributed by atoms with Gasteiger partial charge in [0.15, 0.2) is 0 Å². The first-order valence-corrected chi connectivity index (χ1v) is 4.43. The Hall–Kier alpha value is -0.120. The fraction of sp³-hybridized carbons (Fsp3) is 1.00. The quantitative estimate of drug-likeness (QED) is 0.643. The highest BCUT2D eigenvalue weighted by molar-refractivity contribution is 4.95. The van der Waals surface area contributed by atoms with E-state index in [1.165, 1.54) is 0 Å². The molecule has 1 aliphatic rings. The van der Waals surface area contributed by atoms with Gasteiger partial charge in [0.2, 0.25) is 0 Å². The molecule has 0 aromatic carbocycles. The van der Waals surface area contributed by atoms with Gasteiger partial charge in [0.25, 0.3) is 0 Å². The van der Waals surface area contributed by atoms with Crippen LogP contribution in [0.3, 0.4) is 0 Å². The van der Waals surface area contributed by atoms with E-state index in [-0.39, 0.29) is 17.8 Å². The average Bonchev–Trinajstić information content (AvgIpc) is 2.30. The molecule has 0 saturated carbocycles. The van der Waals surface area contributed by atoms with E-state index in [0.29, 0.717) is 13.2 Å². The summed E-state index contributed by atoms with van der Waals surface area (Å²) in [5.41, 5.74) is -0.274. The third kappa shape index (κ3) is 1.49. The van der Waals surface area contributed by atoms with Crippen molar-refractivity contribution in [2.45, 2.75) is 38.6 Å². The summed E-state index contributed by atoms with van der Waals surface area (Å²) in [7, 11) is 1.70. The van der Waals surface area contributed by atoms with Crippen molar-refractivity contribution in [3.05, 3.63) is 0 Å². The van der Waals surface area contributed by atoms with Crippen molar-refractivity contribution in [1.82, 2.24) is 0 Å². The van der Waals surface area contributed by atoms with Crippen LogP contribution >= 0.6 is 0 Å². The molecule has 0 bridgehead atoms. The van der Waals surface area contributed by atoms with Crippen LogP contribution < -0.4 is 0 Å². The molecule has 1 aliphatic heterocycles. The third-order valence-electron chi connectivity index (χ3n) is 2.68. The zero-order valence-electron chi connectivity index (χ0n) is 8.29. The molecule has 0 aromatic heterocycles. The molecule has 0 radical (unpaired) electrons. The third-order valence-corrected chi connectivity index (χ3v) is 2.68. The minimum atomic E-state index is -0.274. The molecule has 3 heteroatoms. The minimum Gasteiger partial charge on any atom is -0.376 e. The van der Waals surface area contributed by atoms with E-state index in [2.05, 4.69) is 0 Å². The number of hydrogen-bond donors (Lipinski definition) is 0. The lowest BCUT2D eigenvalue weighted by Crippen LogP contribution is -2.46. The Bertz CT molecular complexity index is 149. The predicted octanol–water partition coefficient (Wildman–Crippen LogP) is 1.22.